The Morgan fingerprint density at radius 3 is 2.24 bits per heavy atom. The summed E-state index contributed by atoms with van der Waals surface area (Å²) in [7, 11) is 0. The predicted molar refractivity (Wildman–Crippen MR) is 148 cm³/mol. The number of hydrogen-bond acceptors (Lipinski definition) is 4. The average Bonchev–Trinajstić information content (AvgIpc) is 3.17. The number of carbonyl (C=O) groups excluding carboxylic acids is 2. The highest BCUT2D eigenvalue weighted by Crippen LogP contribution is 2.43. The summed E-state index contributed by atoms with van der Waals surface area (Å²) in [5.41, 5.74) is 3.63. The quantitative estimate of drug-likeness (QED) is 0.158. The van der Waals surface area contributed by atoms with E-state index in [1.54, 1.807) is 18.2 Å². The molecule has 1 atom stereocenters. The topological polar surface area (TPSA) is 66.8 Å². The third-order valence-corrected chi connectivity index (χ3v) is 7.23. The number of hydrogen-bond donors (Lipinski definition) is 1. The maximum Gasteiger partial charge on any atom is 0.300 e. The van der Waals surface area contributed by atoms with E-state index in [2.05, 4.69) is 15.9 Å². The Kier molecular flexibility index (Phi) is 6.68. The number of aryl methyl sites for hydroxylation is 2. The van der Waals surface area contributed by atoms with E-state index in [1.165, 1.54) is 4.90 Å². The number of Topliss-reactive ketones (excluding diaryl/α,β-unsaturated/α-hetero) is 1. The van der Waals surface area contributed by atoms with E-state index >= 15 is 0 Å². The third kappa shape index (κ3) is 4.80. The van der Waals surface area contributed by atoms with Crippen molar-refractivity contribution in [3.63, 3.8) is 0 Å². The number of ketones is 1. The van der Waals surface area contributed by atoms with E-state index in [9.17, 15) is 14.7 Å². The first-order chi connectivity index (χ1) is 17.8. The van der Waals surface area contributed by atoms with Crippen LogP contribution in [0.1, 0.15) is 28.3 Å². The predicted octanol–water partition coefficient (Wildman–Crippen LogP) is 7.48. The highest BCUT2D eigenvalue weighted by molar-refractivity contribution is 9.10. The van der Waals surface area contributed by atoms with Crippen molar-refractivity contribution in [1.29, 1.82) is 0 Å². The van der Waals surface area contributed by atoms with Crippen LogP contribution in [-0.2, 0) is 9.59 Å². The van der Waals surface area contributed by atoms with Crippen LogP contribution < -0.4 is 9.64 Å². The molecule has 1 unspecified atom stereocenters. The van der Waals surface area contributed by atoms with E-state index in [1.807, 2.05) is 92.7 Å². The smallest absolute Gasteiger partial charge is 0.300 e. The summed E-state index contributed by atoms with van der Waals surface area (Å²) in [6.07, 6.45) is 0. The lowest BCUT2D eigenvalue weighted by Gasteiger charge is -2.26. The molecule has 0 aromatic heterocycles. The van der Waals surface area contributed by atoms with Gasteiger partial charge in [-0.1, -0.05) is 70.0 Å². The normalized spacial score (nSPS) is 16.7. The summed E-state index contributed by atoms with van der Waals surface area (Å²) in [4.78, 5) is 28.3. The van der Waals surface area contributed by atoms with Gasteiger partial charge in [-0.15, -0.1) is 0 Å². The molecular formula is C31H24BrNO4. The van der Waals surface area contributed by atoms with Gasteiger partial charge in [0.05, 0.1) is 11.6 Å². The van der Waals surface area contributed by atoms with Gasteiger partial charge in [0, 0.05) is 15.7 Å². The molecule has 4 aromatic rings. The molecule has 0 bridgehead atoms. The number of aliphatic hydroxyl groups is 1. The van der Waals surface area contributed by atoms with E-state index in [4.69, 9.17) is 4.74 Å². The summed E-state index contributed by atoms with van der Waals surface area (Å²) >= 11 is 3.47. The van der Waals surface area contributed by atoms with Crippen molar-refractivity contribution in [3.05, 3.63) is 129 Å². The van der Waals surface area contributed by atoms with Gasteiger partial charge in [-0.25, -0.2) is 0 Å². The molecule has 0 spiro atoms. The van der Waals surface area contributed by atoms with Crippen molar-refractivity contribution in [2.75, 3.05) is 4.90 Å². The second-order valence-electron chi connectivity index (χ2n) is 8.96. The Labute approximate surface area is 223 Å². The van der Waals surface area contributed by atoms with Gasteiger partial charge in [0.2, 0.25) is 0 Å². The second-order valence-corrected chi connectivity index (χ2v) is 9.81. The zero-order valence-electron chi connectivity index (χ0n) is 20.3. The minimum absolute atomic E-state index is 0.0316. The molecule has 1 amide bonds. The fourth-order valence-electron chi connectivity index (χ4n) is 4.44. The minimum Gasteiger partial charge on any atom is -0.507 e. The number of benzene rings is 4. The molecule has 0 aliphatic carbocycles. The first kappa shape index (κ1) is 24.5. The number of nitrogens with zero attached hydrogens (tertiary/aromatic N) is 1. The SMILES string of the molecule is Cc1ccc(N2C(=O)C(=O)/C(=C(\O)c3ccc(Br)c(C)c3)C2c2cccc(Oc3ccccc3)c2)cc1. The Morgan fingerprint density at radius 1 is 0.838 bits per heavy atom. The number of amides is 1. The number of ether oxygens (including phenoxy) is 1. The maximum absolute atomic E-state index is 13.4. The Hall–Kier alpha value is -4.16. The Morgan fingerprint density at radius 2 is 1.54 bits per heavy atom. The van der Waals surface area contributed by atoms with Crippen LogP contribution in [0.15, 0.2) is 107 Å². The van der Waals surface area contributed by atoms with E-state index < -0.39 is 17.7 Å². The Bertz CT molecular complexity index is 1530. The summed E-state index contributed by atoms with van der Waals surface area (Å²) < 4.78 is 6.91. The molecule has 0 radical (unpaired) electrons. The van der Waals surface area contributed by atoms with Crippen molar-refractivity contribution in [3.8, 4) is 11.5 Å². The molecule has 1 aliphatic rings. The molecule has 1 heterocycles. The van der Waals surface area contributed by atoms with Crippen molar-refractivity contribution >= 4 is 39.1 Å². The molecule has 4 aromatic carbocycles. The van der Waals surface area contributed by atoms with Gasteiger partial charge in [0.15, 0.2) is 0 Å². The number of para-hydroxylation sites is 1. The molecule has 1 fully saturated rings. The van der Waals surface area contributed by atoms with Gasteiger partial charge in [0.1, 0.15) is 17.3 Å². The molecule has 1 aliphatic heterocycles. The standard InChI is InChI=1S/C31H24BrNO4/c1-19-11-14-23(15-12-19)33-28(21-7-6-10-25(18-21)37-24-8-4-3-5-9-24)27(30(35)31(33)36)29(34)22-13-16-26(32)20(2)17-22/h3-18,28,34H,1-2H3/b29-27-. The lowest BCUT2D eigenvalue weighted by molar-refractivity contribution is -0.132. The fourth-order valence-corrected chi connectivity index (χ4v) is 4.69. The molecule has 0 saturated carbocycles. The number of carbonyl (C=O) groups is 2. The van der Waals surface area contributed by atoms with Gasteiger partial charge >= 0.3 is 0 Å². The first-order valence-corrected chi connectivity index (χ1v) is 12.6. The van der Waals surface area contributed by atoms with Crippen LogP contribution in [-0.4, -0.2) is 16.8 Å². The molecule has 37 heavy (non-hydrogen) atoms. The zero-order chi connectivity index (χ0) is 26.1. The molecular weight excluding hydrogens is 530 g/mol. The molecule has 184 valence electrons. The highest BCUT2D eigenvalue weighted by atomic mass is 79.9. The van der Waals surface area contributed by atoms with Gasteiger partial charge in [-0.3, -0.25) is 14.5 Å². The van der Waals surface area contributed by atoms with Crippen molar-refractivity contribution in [2.45, 2.75) is 19.9 Å². The second kappa shape index (κ2) is 10.1. The van der Waals surface area contributed by atoms with Crippen LogP contribution in [0.2, 0.25) is 0 Å². The lowest BCUT2D eigenvalue weighted by Crippen LogP contribution is -2.29. The van der Waals surface area contributed by atoms with Crippen LogP contribution in [0.5, 0.6) is 11.5 Å². The number of anilines is 1. The minimum atomic E-state index is -0.842. The molecule has 6 heteroatoms. The van der Waals surface area contributed by atoms with Crippen LogP contribution in [0.4, 0.5) is 5.69 Å². The van der Waals surface area contributed by atoms with Gasteiger partial charge in [-0.05, 0) is 73.5 Å². The van der Waals surface area contributed by atoms with Crippen LogP contribution in [0, 0.1) is 13.8 Å². The molecule has 5 nitrogen and oxygen atoms in total. The number of aliphatic hydroxyl groups excluding tert-OH is 1. The van der Waals surface area contributed by atoms with Crippen LogP contribution >= 0.6 is 15.9 Å². The zero-order valence-corrected chi connectivity index (χ0v) is 21.9. The van der Waals surface area contributed by atoms with Crippen LogP contribution in [0.25, 0.3) is 5.76 Å². The first-order valence-electron chi connectivity index (χ1n) is 11.8. The molecule has 5 rings (SSSR count). The van der Waals surface area contributed by atoms with Crippen molar-refractivity contribution in [1.82, 2.24) is 0 Å². The van der Waals surface area contributed by atoms with Crippen molar-refractivity contribution in [2.24, 2.45) is 0 Å². The number of rotatable bonds is 5. The summed E-state index contributed by atoms with van der Waals surface area (Å²) in [5.74, 6) is -0.435. The highest BCUT2D eigenvalue weighted by Gasteiger charge is 2.47. The van der Waals surface area contributed by atoms with Gasteiger partial charge in [-0.2, -0.15) is 0 Å². The van der Waals surface area contributed by atoms with E-state index in [-0.39, 0.29) is 11.3 Å². The fraction of sp³-hybridized carbons (Fsp3) is 0.0968. The third-order valence-electron chi connectivity index (χ3n) is 6.34. The van der Waals surface area contributed by atoms with Gasteiger partial charge < -0.3 is 9.84 Å². The summed E-state index contributed by atoms with van der Waals surface area (Å²) in [6.45, 7) is 3.85. The number of halogens is 1. The molecule has 1 saturated heterocycles. The monoisotopic (exact) mass is 553 g/mol. The Balaban J connectivity index is 1.67. The van der Waals surface area contributed by atoms with E-state index in [0.29, 0.717) is 28.3 Å². The maximum atomic E-state index is 13.4. The van der Waals surface area contributed by atoms with Gasteiger partial charge in [0.25, 0.3) is 11.7 Å². The van der Waals surface area contributed by atoms with Crippen molar-refractivity contribution < 1.29 is 19.4 Å². The lowest BCUT2D eigenvalue weighted by atomic mass is 9.94. The van der Waals surface area contributed by atoms with E-state index in [0.717, 1.165) is 15.6 Å². The largest absolute Gasteiger partial charge is 0.507 e. The summed E-state index contributed by atoms with van der Waals surface area (Å²) in [6, 6.07) is 28.5. The average molecular weight is 554 g/mol. The molecule has 1 N–H and O–H groups in total. The summed E-state index contributed by atoms with van der Waals surface area (Å²) in [5, 5.41) is 11.4. The van der Waals surface area contributed by atoms with Crippen LogP contribution in [0.3, 0.4) is 0 Å².